The van der Waals surface area contributed by atoms with Crippen LogP contribution in [0.25, 0.3) is 16.2 Å². The summed E-state index contributed by atoms with van der Waals surface area (Å²) in [5, 5.41) is 24.4. The number of phenolic OH excluding ortho intramolecular Hbond substituents is 1. The van der Waals surface area contributed by atoms with Gasteiger partial charge in [-0.15, -0.1) is 5.10 Å². The fourth-order valence-corrected chi connectivity index (χ4v) is 5.78. The van der Waals surface area contributed by atoms with Crippen LogP contribution in [-0.4, -0.2) is 42.2 Å². The Labute approximate surface area is 218 Å². The zero-order chi connectivity index (χ0) is 24.5. The third-order valence-corrected chi connectivity index (χ3v) is 8.31. The van der Waals surface area contributed by atoms with E-state index in [9.17, 15) is 9.90 Å². The van der Waals surface area contributed by atoms with Crippen molar-refractivity contribution in [3.05, 3.63) is 63.7 Å². The summed E-state index contributed by atoms with van der Waals surface area (Å²) in [6.45, 7) is 4.03. The smallest absolute Gasteiger partial charge is 0.246 e. The number of halogens is 1. The molecule has 8 nitrogen and oxygen atoms in total. The molecular weight excluding hydrogens is 548 g/mol. The summed E-state index contributed by atoms with van der Waals surface area (Å²) in [6, 6.07) is 14.4. The molecule has 1 fully saturated rings. The van der Waals surface area contributed by atoms with Crippen molar-refractivity contribution >= 4 is 67.0 Å². The number of carbonyl (C=O) groups excluding carboxylic acids is 1. The monoisotopic (exact) mass is 568 g/mol. The summed E-state index contributed by atoms with van der Waals surface area (Å²) >= 11 is 6.41. The van der Waals surface area contributed by atoms with Gasteiger partial charge < -0.3 is 5.11 Å². The van der Waals surface area contributed by atoms with Crippen LogP contribution in [0.2, 0.25) is 0 Å². The topological polar surface area (TPSA) is 95.5 Å². The summed E-state index contributed by atoms with van der Waals surface area (Å²) in [6.07, 6.45) is 3.14. The van der Waals surface area contributed by atoms with Crippen LogP contribution in [0.15, 0.2) is 63.2 Å². The number of rotatable bonds is 6. The highest BCUT2D eigenvalue weighted by Gasteiger charge is 2.38. The number of amides is 1. The largest absolute Gasteiger partial charge is 0.508 e. The van der Waals surface area contributed by atoms with E-state index in [1.807, 2.05) is 31.2 Å². The molecule has 0 saturated carbocycles. The van der Waals surface area contributed by atoms with E-state index in [1.165, 1.54) is 11.8 Å². The van der Waals surface area contributed by atoms with Crippen molar-refractivity contribution in [1.82, 2.24) is 14.6 Å². The Hall–Kier alpha value is -3.02. The minimum atomic E-state index is -0.233. The maximum atomic E-state index is 13.0. The van der Waals surface area contributed by atoms with Crippen molar-refractivity contribution in [3.63, 3.8) is 0 Å². The number of aromatic nitrogens is 3. The maximum Gasteiger partial charge on any atom is 0.246 e. The molecule has 1 amide bonds. The molecule has 2 aromatic carbocycles. The van der Waals surface area contributed by atoms with Gasteiger partial charge in [0.1, 0.15) is 22.1 Å². The molecule has 0 bridgehead atoms. The van der Waals surface area contributed by atoms with E-state index in [2.05, 4.69) is 38.2 Å². The molecule has 4 aromatic rings. The van der Waals surface area contributed by atoms with Crippen LogP contribution < -0.4 is 4.90 Å². The highest BCUT2D eigenvalue weighted by molar-refractivity contribution is 9.10. The van der Waals surface area contributed by atoms with Crippen molar-refractivity contribution in [2.45, 2.75) is 31.9 Å². The van der Waals surface area contributed by atoms with Crippen molar-refractivity contribution in [2.75, 3.05) is 4.90 Å². The maximum absolute atomic E-state index is 13.0. The van der Waals surface area contributed by atoms with Gasteiger partial charge in [-0.2, -0.15) is 10.2 Å². The van der Waals surface area contributed by atoms with E-state index < -0.39 is 0 Å². The van der Waals surface area contributed by atoms with Gasteiger partial charge in [-0.3, -0.25) is 9.69 Å². The minimum Gasteiger partial charge on any atom is -0.508 e. The molecule has 35 heavy (non-hydrogen) atoms. The van der Waals surface area contributed by atoms with Gasteiger partial charge in [-0.25, -0.2) is 9.50 Å². The fourth-order valence-electron chi connectivity index (χ4n) is 3.65. The average Bonchev–Trinajstić information content (AvgIpc) is 3.51. The number of hydrogen-bond donors (Lipinski definition) is 1. The zero-order valence-electron chi connectivity index (χ0n) is 18.9. The Balaban J connectivity index is 1.54. The lowest BCUT2D eigenvalue weighted by Crippen LogP contribution is -2.31. The number of aryl methyl sites for hydroxylation is 1. The molecule has 1 aliphatic rings. The fraction of sp³-hybridized carbons (Fsp3) is 0.208. The Kier molecular flexibility index (Phi) is 6.72. The molecular formula is C24H21BrN6O2S2. The molecule has 3 heterocycles. The van der Waals surface area contributed by atoms with E-state index in [1.54, 1.807) is 51.2 Å². The summed E-state index contributed by atoms with van der Waals surface area (Å²) in [4.78, 5) is 20.1. The van der Waals surface area contributed by atoms with Gasteiger partial charge in [0.05, 0.1) is 17.2 Å². The van der Waals surface area contributed by atoms with Crippen LogP contribution in [0.1, 0.15) is 31.0 Å². The lowest BCUT2D eigenvalue weighted by molar-refractivity contribution is -0.116. The molecule has 1 unspecified atom stereocenters. The number of thioether (sulfide) groups is 1. The van der Waals surface area contributed by atoms with E-state index >= 15 is 0 Å². The number of phenols is 1. The highest BCUT2D eigenvalue weighted by atomic mass is 79.9. The molecule has 11 heteroatoms. The lowest BCUT2D eigenvalue weighted by atomic mass is 10.1. The summed E-state index contributed by atoms with van der Waals surface area (Å²) < 4.78 is 2.78. The predicted molar refractivity (Wildman–Crippen MR) is 146 cm³/mol. The van der Waals surface area contributed by atoms with Crippen LogP contribution in [-0.2, 0) is 11.2 Å². The Morgan fingerprint density at radius 3 is 2.57 bits per heavy atom. The first-order valence-corrected chi connectivity index (χ1v) is 13.5. The van der Waals surface area contributed by atoms with E-state index in [-0.39, 0.29) is 16.9 Å². The molecule has 0 aliphatic carbocycles. The molecule has 1 saturated heterocycles. The van der Waals surface area contributed by atoms with Crippen molar-refractivity contribution in [2.24, 2.45) is 10.2 Å². The summed E-state index contributed by atoms with van der Waals surface area (Å²) in [5.41, 5.74) is 3.07. The molecule has 2 aromatic heterocycles. The molecule has 0 radical (unpaired) electrons. The van der Waals surface area contributed by atoms with Crippen LogP contribution >= 0.6 is 39.0 Å². The first kappa shape index (κ1) is 23.7. The van der Waals surface area contributed by atoms with Crippen molar-refractivity contribution in [1.29, 1.82) is 0 Å². The number of nitrogens with zero attached hydrogens (tertiary/aromatic N) is 6. The van der Waals surface area contributed by atoms with E-state index in [0.29, 0.717) is 17.3 Å². The van der Waals surface area contributed by atoms with Gasteiger partial charge in [0.15, 0.2) is 5.17 Å². The molecule has 1 atom stereocenters. The number of amidine groups is 1. The SMILES string of the molecule is CCc1nn2c(/C=N/N=C3\SC(CC)C(=O)N3c3ccc(O)cc3)c(-c3ccc(Br)cc3)nc2s1. The van der Waals surface area contributed by atoms with Crippen LogP contribution in [0.4, 0.5) is 5.69 Å². The number of anilines is 1. The van der Waals surface area contributed by atoms with Gasteiger partial charge in [0.25, 0.3) is 0 Å². The predicted octanol–water partition coefficient (Wildman–Crippen LogP) is 5.74. The molecule has 1 N–H and O–H groups in total. The molecule has 5 rings (SSSR count). The second kappa shape index (κ2) is 9.92. The van der Waals surface area contributed by atoms with Gasteiger partial charge in [0.2, 0.25) is 10.9 Å². The second-order valence-electron chi connectivity index (χ2n) is 7.73. The van der Waals surface area contributed by atoms with Crippen LogP contribution in [0.5, 0.6) is 5.75 Å². The van der Waals surface area contributed by atoms with Crippen molar-refractivity contribution in [3.8, 4) is 17.0 Å². The lowest BCUT2D eigenvalue weighted by Gasteiger charge is -2.15. The Bertz CT molecular complexity index is 1440. The minimum absolute atomic E-state index is 0.0495. The highest BCUT2D eigenvalue weighted by Crippen LogP contribution is 2.34. The number of benzene rings is 2. The quantitative estimate of drug-likeness (QED) is 0.236. The molecule has 0 spiro atoms. The van der Waals surface area contributed by atoms with Gasteiger partial charge in [0, 0.05) is 10.0 Å². The molecule has 178 valence electrons. The Morgan fingerprint density at radius 2 is 1.89 bits per heavy atom. The number of hydrogen-bond acceptors (Lipinski definition) is 8. The summed E-state index contributed by atoms with van der Waals surface area (Å²) in [7, 11) is 0. The summed E-state index contributed by atoms with van der Waals surface area (Å²) in [5.74, 6) is 0.0862. The van der Waals surface area contributed by atoms with Gasteiger partial charge in [-0.05, 0) is 49.2 Å². The average molecular weight is 570 g/mol. The van der Waals surface area contributed by atoms with E-state index in [4.69, 9.17) is 4.98 Å². The van der Waals surface area contributed by atoms with E-state index in [0.717, 1.165) is 37.8 Å². The normalized spacial score (nSPS) is 17.5. The first-order valence-electron chi connectivity index (χ1n) is 11.0. The standard InChI is InChI=1S/C24H21BrN6O2S2/c1-3-19-22(33)30(16-9-11-17(32)12-10-16)24(34-19)28-26-13-18-21(14-5-7-15(25)8-6-14)27-23-31(18)29-20(4-2)35-23/h5-13,19,32H,3-4H2,1-2H3/b26-13+,28-24-. The second-order valence-corrected chi connectivity index (χ2v) is 10.9. The number of fused-ring (bicyclic) bond motifs is 1. The number of carbonyl (C=O) groups is 1. The molecule has 1 aliphatic heterocycles. The number of aromatic hydroxyl groups is 1. The third kappa shape index (κ3) is 4.63. The first-order chi connectivity index (χ1) is 17.0. The van der Waals surface area contributed by atoms with Crippen LogP contribution in [0.3, 0.4) is 0 Å². The van der Waals surface area contributed by atoms with Crippen molar-refractivity contribution < 1.29 is 9.90 Å². The Morgan fingerprint density at radius 1 is 1.14 bits per heavy atom. The van der Waals surface area contributed by atoms with Gasteiger partial charge >= 0.3 is 0 Å². The number of imidazole rings is 1. The van der Waals surface area contributed by atoms with Crippen LogP contribution in [0, 0.1) is 0 Å². The van der Waals surface area contributed by atoms with Gasteiger partial charge in [-0.1, -0.05) is 65.0 Å². The third-order valence-electron chi connectivity index (χ3n) is 5.44. The zero-order valence-corrected chi connectivity index (χ0v) is 22.1.